The Morgan fingerprint density at radius 1 is 1.00 bits per heavy atom. The zero-order chi connectivity index (χ0) is 23.7. The monoisotopic (exact) mass is 466 g/mol. The molecule has 0 radical (unpaired) electrons. The second kappa shape index (κ2) is 9.19. The quantitative estimate of drug-likeness (QED) is 0.304. The first-order valence-electron chi connectivity index (χ1n) is 11.9. The lowest BCUT2D eigenvalue weighted by Gasteiger charge is -2.33. The fourth-order valence-corrected chi connectivity index (χ4v) is 6.11. The maximum atomic E-state index is 13.5. The summed E-state index contributed by atoms with van der Waals surface area (Å²) in [6.45, 7) is 6.95. The van der Waals surface area contributed by atoms with Crippen LogP contribution in [-0.4, -0.2) is 12.1 Å². The lowest BCUT2D eigenvalue weighted by atomic mass is 9.72. The lowest BCUT2D eigenvalue weighted by molar-refractivity contribution is 0.102. The van der Waals surface area contributed by atoms with Crippen molar-refractivity contribution >= 4 is 44.9 Å². The van der Waals surface area contributed by atoms with E-state index in [1.165, 1.54) is 15.8 Å². The van der Waals surface area contributed by atoms with E-state index in [2.05, 4.69) is 62.5 Å². The normalized spacial score (nSPS) is 16.0. The Labute approximate surface area is 205 Å². The molecular formula is C30H30N2OS. The van der Waals surface area contributed by atoms with Crippen LogP contribution in [0.3, 0.4) is 0 Å². The van der Waals surface area contributed by atoms with Crippen LogP contribution in [0.4, 0.5) is 10.7 Å². The van der Waals surface area contributed by atoms with Gasteiger partial charge in [0.25, 0.3) is 5.91 Å². The molecule has 0 saturated carbocycles. The third-order valence-electron chi connectivity index (χ3n) is 6.87. The molecule has 3 aromatic carbocycles. The second-order valence-electron chi connectivity index (χ2n) is 10.1. The summed E-state index contributed by atoms with van der Waals surface area (Å²) >= 11 is 1.69. The van der Waals surface area contributed by atoms with Gasteiger partial charge in [0, 0.05) is 22.3 Å². The number of fused-ring (bicyclic) bond motifs is 2. The molecule has 172 valence electrons. The fourth-order valence-electron chi connectivity index (χ4n) is 4.84. The minimum Gasteiger partial charge on any atom is -0.322 e. The molecular weight excluding hydrogens is 436 g/mol. The van der Waals surface area contributed by atoms with Crippen LogP contribution in [0.5, 0.6) is 0 Å². The van der Waals surface area contributed by atoms with Gasteiger partial charge in [-0.3, -0.25) is 4.79 Å². The van der Waals surface area contributed by atoms with Crippen LogP contribution in [0.2, 0.25) is 0 Å². The van der Waals surface area contributed by atoms with Crippen molar-refractivity contribution in [3.63, 3.8) is 0 Å². The van der Waals surface area contributed by atoms with Crippen molar-refractivity contribution < 1.29 is 4.79 Å². The summed E-state index contributed by atoms with van der Waals surface area (Å²) in [5.74, 6) is 0.543. The van der Waals surface area contributed by atoms with Gasteiger partial charge in [0.2, 0.25) is 0 Å². The number of aliphatic imine (C=N–C) groups is 1. The predicted molar refractivity (Wildman–Crippen MR) is 145 cm³/mol. The van der Waals surface area contributed by atoms with E-state index in [0.29, 0.717) is 5.92 Å². The number of thiophene rings is 1. The molecule has 0 saturated heterocycles. The molecule has 0 aliphatic heterocycles. The first kappa shape index (κ1) is 22.5. The second-order valence-corrected chi connectivity index (χ2v) is 11.2. The van der Waals surface area contributed by atoms with E-state index < -0.39 is 0 Å². The van der Waals surface area contributed by atoms with Crippen molar-refractivity contribution in [2.24, 2.45) is 16.3 Å². The van der Waals surface area contributed by atoms with Gasteiger partial charge in [0.1, 0.15) is 5.00 Å². The van der Waals surface area contributed by atoms with E-state index in [4.69, 9.17) is 4.99 Å². The summed E-state index contributed by atoms with van der Waals surface area (Å²) in [6.07, 6.45) is 4.96. The Morgan fingerprint density at radius 2 is 1.74 bits per heavy atom. The van der Waals surface area contributed by atoms with E-state index in [0.717, 1.165) is 46.5 Å². The number of nitrogens with one attached hydrogen (secondary N) is 1. The molecule has 3 nitrogen and oxygen atoms in total. The summed E-state index contributed by atoms with van der Waals surface area (Å²) in [7, 11) is 0. The number of hydrogen-bond acceptors (Lipinski definition) is 3. The fraction of sp³-hybridized carbons (Fsp3) is 0.267. The van der Waals surface area contributed by atoms with Crippen molar-refractivity contribution in [1.29, 1.82) is 0 Å². The van der Waals surface area contributed by atoms with Crippen molar-refractivity contribution in [3.05, 3.63) is 94.4 Å². The molecule has 0 spiro atoms. The molecule has 4 aromatic rings. The molecule has 0 fully saturated rings. The average molecular weight is 467 g/mol. The average Bonchev–Trinajstić information content (AvgIpc) is 3.20. The van der Waals surface area contributed by atoms with Crippen molar-refractivity contribution in [1.82, 2.24) is 0 Å². The minimum absolute atomic E-state index is 0.0667. The highest BCUT2D eigenvalue weighted by molar-refractivity contribution is 7.16. The van der Waals surface area contributed by atoms with E-state index in [1.807, 2.05) is 42.6 Å². The summed E-state index contributed by atoms with van der Waals surface area (Å²) in [5.41, 5.74) is 4.04. The molecule has 1 heterocycles. The highest BCUT2D eigenvalue weighted by atomic mass is 32.1. The van der Waals surface area contributed by atoms with Gasteiger partial charge in [-0.2, -0.15) is 0 Å². The summed E-state index contributed by atoms with van der Waals surface area (Å²) < 4.78 is 0. The Morgan fingerprint density at radius 3 is 2.53 bits per heavy atom. The molecule has 34 heavy (non-hydrogen) atoms. The molecule has 1 atom stereocenters. The molecule has 1 aliphatic carbocycles. The van der Waals surface area contributed by atoms with Crippen LogP contribution < -0.4 is 5.32 Å². The highest BCUT2D eigenvalue weighted by Gasteiger charge is 2.33. The maximum absolute atomic E-state index is 13.5. The van der Waals surface area contributed by atoms with E-state index in [9.17, 15) is 4.79 Å². The van der Waals surface area contributed by atoms with Gasteiger partial charge < -0.3 is 5.32 Å². The number of rotatable bonds is 4. The van der Waals surface area contributed by atoms with Crippen LogP contribution >= 0.6 is 11.3 Å². The van der Waals surface area contributed by atoms with E-state index in [1.54, 1.807) is 11.3 Å². The molecule has 1 aromatic heterocycles. The zero-order valence-electron chi connectivity index (χ0n) is 20.0. The Kier molecular flexibility index (Phi) is 6.09. The van der Waals surface area contributed by atoms with Crippen molar-refractivity contribution in [3.8, 4) is 0 Å². The zero-order valence-corrected chi connectivity index (χ0v) is 20.8. The summed E-state index contributed by atoms with van der Waals surface area (Å²) in [6, 6.07) is 24.3. The third-order valence-corrected chi connectivity index (χ3v) is 8.04. The van der Waals surface area contributed by atoms with Gasteiger partial charge in [-0.15, -0.1) is 11.3 Å². The van der Waals surface area contributed by atoms with Crippen LogP contribution in [0.1, 0.15) is 53.6 Å². The maximum Gasteiger partial charge on any atom is 0.259 e. The number of para-hydroxylation sites is 1. The van der Waals surface area contributed by atoms with E-state index >= 15 is 0 Å². The molecule has 1 amide bonds. The van der Waals surface area contributed by atoms with Crippen molar-refractivity contribution in [2.45, 2.75) is 40.0 Å². The Balaban J connectivity index is 1.55. The number of benzene rings is 3. The number of amides is 1. The highest BCUT2D eigenvalue weighted by Crippen LogP contribution is 2.45. The molecule has 0 bridgehead atoms. The van der Waals surface area contributed by atoms with Gasteiger partial charge in [-0.25, -0.2) is 4.99 Å². The molecule has 1 N–H and O–H groups in total. The molecule has 4 heteroatoms. The SMILES string of the molecule is CC(C)(C)[C@@H]1CCc2c(sc(N=Cc3cccc4ccccc34)c2C(=O)Nc2ccccc2)C1. The number of nitrogens with zero attached hydrogens (tertiary/aromatic N) is 1. The first-order valence-corrected chi connectivity index (χ1v) is 12.7. The summed E-state index contributed by atoms with van der Waals surface area (Å²) in [5, 5.41) is 6.26. The first-order chi connectivity index (χ1) is 16.4. The largest absolute Gasteiger partial charge is 0.322 e. The van der Waals surface area contributed by atoms with Crippen LogP contribution in [0.15, 0.2) is 77.8 Å². The number of carbonyl (C=O) groups excluding carboxylic acids is 1. The van der Waals surface area contributed by atoms with Crippen LogP contribution in [-0.2, 0) is 12.8 Å². The van der Waals surface area contributed by atoms with Gasteiger partial charge in [-0.05, 0) is 59.1 Å². The number of anilines is 1. The van der Waals surface area contributed by atoms with Gasteiger partial charge in [0.15, 0.2) is 0 Å². The standard InChI is InChI=1S/C30H30N2OS/c1-30(2,3)22-16-17-25-26(18-22)34-29(27(25)28(33)32-23-13-5-4-6-14-23)31-19-21-12-9-11-20-10-7-8-15-24(20)21/h4-15,19,22H,16-18H2,1-3H3,(H,32,33)/t22-/m1/s1. The number of carbonyl (C=O) groups is 1. The molecule has 5 rings (SSSR count). The summed E-state index contributed by atoms with van der Waals surface area (Å²) in [4.78, 5) is 19.7. The Hall–Kier alpha value is -3.24. The molecule has 1 aliphatic rings. The van der Waals surface area contributed by atoms with Gasteiger partial charge >= 0.3 is 0 Å². The number of hydrogen-bond donors (Lipinski definition) is 1. The van der Waals surface area contributed by atoms with E-state index in [-0.39, 0.29) is 11.3 Å². The lowest BCUT2D eigenvalue weighted by Crippen LogP contribution is -2.27. The molecule has 0 unspecified atom stereocenters. The predicted octanol–water partition coefficient (Wildman–Crippen LogP) is 8.06. The third kappa shape index (κ3) is 4.55. The van der Waals surface area contributed by atoms with Crippen LogP contribution in [0, 0.1) is 11.3 Å². The van der Waals surface area contributed by atoms with Crippen LogP contribution in [0.25, 0.3) is 10.8 Å². The smallest absolute Gasteiger partial charge is 0.259 e. The van der Waals surface area contributed by atoms with Gasteiger partial charge in [0.05, 0.1) is 5.56 Å². The topological polar surface area (TPSA) is 41.5 Å². The van der Waals surface area contributed by atoms with Crippen molar-refractivity contribution in [2.75, 3.05) is 5.32 Å². The minimum atomic E-state index is -0.0667. The Bertz CT molecular complexity index is 1360. The van der Waals surface area contributed by atoms with Gasteiger partial charge in [-0.1, -0.05) is 81.4 Å².